The van der Waals surface area contributed by atoms with Crippen molar-refractivity contribution >= 4 is 23.3 Å². The predicted octanol–water partition coefficient (Wildman–Crippen LogP) is 0.197. The molecule has 2 aromatic heterocycles. The van der Waals surface area contributed by atoms with Gasteiger partial charge in [-0.05, 0) is 12.1 Å². The summed E-state index contributed by atoms with van der Waals surface area (Å²) in [6, 6.07) is 3.19. The molecular formula is C11H11N5O3. The van der Waals surface area contributed by atoms with Crippen LogP contribution in [-0.2, 0) is 11.3 Å². The summed E-state index contributed by atoms with van der Waals surface area (Å²) in [4.78, 5) is 26.2. The number of aliphatic carboxylic acids is 1. The van der Waals surface area contributed by atoms with Gasteiger partial charge in [0.05, 0.1) is 17.6 Å². The fraction of sp³-hybridized carbons (Fsp3) is 0.0909. The maximum atomic E-state index is 11.9. The quantitative estimate of drug-likeness (QED) is 0.722. The third-order valence-corrected chi connectivity index (χ3v) is 2.24. The molecule has 0 fully saturated rings. The minimum Gasteiger partial charge on any atom is -0.480 e. The first-order valence-electron chi connectivity index (χ1n) is 5.32. The number of nitrogens with two attached hydrogens (primary N) is 1. The van der Waals surface area contributed by atoms with E-state index in [2.05, 4.69) is 15.4 Å². The van der Waals surface area contributed by atoms with Crippen molar-refractivity contribution in [2.45, 2.75) is 6.54 Å². The van der Waals surface area contributed by atoms with Crippen LogP contribution in [0.3, 0.4) is 0 Å². The number of nitrogens with one attached hydrogen (secondary N) is 1. The van der Waals surface area contributed by atoms with Gasteiger partial charge in [0.25, 0.3) is 5.91 Å². The Labute approximate surface area is 107 Å². The monoisotopic (exact) mass is 261 g/mol. The Kier molecular flexibility index (Phi) is 3.42. The molecule has 2 heterocycles. The molecule has 0 aliphatic carbocycles. The van der Waals surface area contributed by atoms with Crippen molar-refractivity contribution in [2.24, 2.45) is 0 Å². The van der Waals surface area contributed by atoms with E-state index in [0.29, 0.717) is 5.69 Å². The van der Waals surface area contributed by atoms with E-state index in [1.165, 1.54) is 23.3 Å². The first-order chi connectivity index (χ1) is 9.06. The highest BCUT2D eigenvalue weighted by atomic mass is 16.4. The molecular weight excluding hydrogens is 250 g/mol. The topological polar surface area (TPSA) is 123 Å². The van der Waals surface area contributed by atoms with E-state index in [-0.39, 0.29) is 17.9 Å². The van der Waals surface area contributed by atoms with Crippen LogP contribution in [0.5, 0.6) is 0 Å². The molecule has 0 saturated heterocycles. The summed E-state index contributed by atoms with van der Waals surface area (Å²) in [6.07, 6.45) is 4.21. The summed E-state index contributed by atoms with van der Waals surface area (Å²) in [5.74, 6) is -1.50. The second-order valence-corrected chi connectivity index (χ2v) is 3.72. The van der Waals surface area contributed by atoms with Crippen molar-refractivity contribution in [1.82, 2.24) is 14.8 Å². The Balaban J connectivity index is 2.09. The van der Waals surface area contributed by atoms with Crippen LogP contribution in [0.25, 0.3) is 0 Å². The van der Waals surface area contributed by atoms with Crippen LogP contribution in [0.4, 0.5) is 11.4 Å². The molecule has 4 N–H and O–H groups in total. The fourth-order valence-corrected chi connectivity index (χ4v) is 1.45. The van der Waals surface area contributed by atoms with Crippen LogP contribution in [0.2, 0.25) is 0 Å². The third kappa shape index (κ3) is 3.06. The summed E-state index contributed by atoms with van der Waals surface area (Å²) < 4.78 is 1.19. The number of anilines is 2. The van der Waals surface area contributed by atoms with E-state index in [1.54, 1.807) is 12.1 Å². The molecule has 19 heavy (non-hydrogen) atoms. The molecule has 0 aliphatic rings. The Morgan fingerprint density at radius 1 is 1.47 bits per heavy atom. The Morgan fingerprint density at radius 3 is 2.95 bits per heavy atom. The number of carbonyl (C=O) groups is 2. The lowest BCUT2D eigenvalue weighted by molar-refractivity contribution is -0.137. The van der Waals surface area contributed by atoms with Gasteiger partial charge in [-0.3, -0.25) is 14.3 Å². The molecule has 0 unspecified atom stereocenters. The van der Waals surface area contributed by atoms with Crippen LogP contribution >= 0.6 is 0 Å². The predicted molar refractivity (Wildman–Crippen MR) is 66.5 cm³/mol. The number of carboxylic acids is 1. The lowest BCUT2D eigenvalue weighted by Gasteiger charge is -2.03. The van der Waals surface area contributed by atoms with Crippen molar-refractivity contribution in [3.63, 3.8) is 0 Å². The van der Waals surface area contributed by atoms with Crippen LogP contribution in [0, 0.1) is 0 Å². The average molecular weight is 261 g/mol. The first-order valence-corrected chi connectivity index (χ1v) is 5.32. The minimum absolute atomic E-state index is 0.105. The van der Waals surface area contributed by atoms with Crippen LogP contribution in [0.15, 0.2) is 30.7 Å². The molecule has 0 spiro atoms. The number of carboxylic acid groups (broad SMARTS) is 1. The van der Waals surface area contributed by atoms with Crippen molar-refractivity contribution in [3.05, 3.63) is 36.4 Å². The lowest BCUT2D eigenvalue weighted by Crippen LogP contribution is -2.15. The van der Waals surface area contributed by atoms with Crippen molar-refractivity contribution in [3.8, 4) is 0 Å². The van der Waals surface area contributed by atoms with Crippen molar-refractivity contribution < 1.29 is 14.7 Å². The molecule has 98 valence electrons. The molecule has 8 heteroatoms. The summed E-state index contributed by atoms with van der Waals surface area (Å²) in [7, 11) is 0. The molecule has 0 aliphatic heterocycles. The van der Waals surface area contributed by atoms with E-state index in [4.69, 9.17) is 10.8 Å². The highest BCUT2D eigenvalue weighted by Gasteiger charge is 2.12. The number of nitrogens with zero attached hydrogens (tertiary/aromatic N) is 3. The zero-order valence-electron chi connectivity index (χ0n) is 9.78. The van der Waals surface area contributed by atoms with Gasteiger partial charge in [-0.1, -0.05) is 0 Å². The van der Waals surface area contributed by atoms with E-state index < -0.39 is 11.9 Å². The number of aromatic nitrogens is 3. The number of carbonyl (C=O) groups excluding carboxylic acids is 1. The second kappa shape index (κ2) is 5.17. The average Bonchev–Trinajstić information content (AvgIpc) is 2.76. The van der Waals surface area contributed by atoms with Gasteiger partial charge in [0, 0.05) is 12.4 Å². The number of rotatable bonds is 4. The van der Waals surface area contributed by atoms with Gasteiger partial charge in [0.1, 0.15) is 6.54 Å². The van der Waals surface area contributed by atoms with Gasteiger partial charge in [-0.15, -0.1) is 0 Å². The SMILES string of the molecule is Nc1cccnc1C(=O)Nc1cnn(CC(=O)O)c1. The van der Waals surface area contributed by atoms with E-state index in [0.717, 1.165) is 0 Å². The van der Waals surface area contributed by atoms with Crippen LogP contribution < -0.4 is 11.1 Å². The smallest absolute Gasteiger partial charge is 0.325 e. The molecule has 8 nitrogen and oxygen atoms in total. The van der Waals surface area contributed by atoms with E-state index in [9.17, 15) is 9.59 Å². The van der Waals surface area contributed by atoms with Gasteiger partial charge in [0.2, 0.25) is 0 Å². The van der Waals surface area contributed by atoms with Gasteiger partial charge >= 0.3 is 5.97 Å². The summed E-state index contributed by atoms with van der Waals surface area (Å²) >= 11 is 0. The maximum absolute atomic E-state index is 11.9. The molecule has 0 saturated carbocycles. The summed E-state index contributed by atoms with van der Waals surface area (Å²) in [5, 5.41) is 14.9. The number of hydrogen-bond donors (Lipinski definition) is 3. The zero-order chi connectivity index (χ0) is 13.8. The fourth-order valence-electron chi connectivity index (χ4n) is 1.45. The van der Waals surface area contributed by atoms with Gasteiger partial charge in [0.15, 0.2) is 5.69 Å². The van der Waals surface area contributed by atoms with Crippen molar-refractivity contribution in [2.75, 3.05) is 11.1 Å². The number of nitrogen functional groups attached to an aromatic ring is 1. The Bertz CT molecular complexity index is 622. The molecule has 0 aromatic carbocycles. The molecule has 1 amide bonds. The summed E-state index contributed by atoms with van der Waals surface area (Å²) in [5.41, 5.74) is 6.36. The summed E-state index contributed by atoms with van der Waals surface area (Å²) in [6.45, 7) is -0.276. The normalized spacial score (nSPS) is 10.1. The minimum atomic E-state index is -1.02. The van der Waals surface area contributed by atoms with Crippen LogP contribution in [0.1, 0.15) is 10.5 Å². The first kappa shape index (κ1) is 12.6. The number of pyridine rings is 1. The highest BCUT2D eigenvalue weighted by Crippen LogP contribution is 2.11. The molecule has 2 rings (SSSR count). The highest BCUT2D eigenvalue weighted by molar-refractivity contribution is 6.06. The van der Waals surface area contributed by atoms with E-state index >= 15 is 0 Å². The number of hydrogen-bond acceptors (Lipinski definition) is 5. The standard InChI is InChI=1S/C11H11N5O3/c12-8-2-1-3-13-10(8)11(19)15-7-4-14-16(5-7)6-9(17)18/h1-5H,6,12H2,(H,15,19)(H,17,18). The second-order valence-electron chi connectivity index (χ2n) is 3.72. The van der Waals surface area contributed by atoms with E-state index in [1.807, 2.05) is 0 Å². The molecule has 0 bridgehead atoms. The van der Waals surface area contributed by atoms with Crippen molar-refractivity contribution in [1.29, 1.82) is 0 Å². The number of amides is 1. The third-order valence-electron chi connectivity index (χ3n) is 2.24. The molecule has 0 radical (unpaired) electrons. The lowest BCUT2D eigenvalue weighted by atomic mass is 10.3. The van der Waals surface area contributed by atoms with Gasteiger partial charge in [-0.25, -0.2) is 4.98 Å². The van der Waals surface area contributed by atoms with Gasteiger partial charge < -0.3 is 16.2 Å². The Hall–Kier alpha value is -2.90. The Morgan fingerprint density at radius 2 is 2.26 bits per heavy atom. The maximum Gasteiger partial charge on any atom is 0.325 e. The zero-order valence-corrected chi connectivity index (χ0v) is 9.78. The van der Waals surface area contributed by atoms with Crippen LogP contribution in [-0.4, -0.2) is 31.7 Å². The van der Waals surface area contributed by atoms with Gasteiger partial charge in [-0.2, -0.15) is 5.10 Å². The molecule has 0 atom stereocenters. The molecule has 2 aromatic rings. The largest absolute Gasteiger partial charge is 0.480 e.